The van der Waals surface area contributed by atoms with Gasteiger partial charge in [-0.2, -0.15) is 0 Å². The summed E-state index contributed by atoms with van der Waals surface area (Å²) in [6, 6.07) is 7.89. The molecule has 0 aliphatic rings. The fourth-order valence-electron chi connectivity index (χ4n) is 2.37. The molecule has 0 atom stereocenters. The van der Waals surface area contributed by atoms with E-state index in [1.54, 1.807) is 0 Å². The average molecular weight is 314 g/mol. The number of rotatable bonds is 5. The first-order valence-electron chi connectivity index (χ1n) is 8.15. The lowest BCUT2D eigenvalue weighted by Gasteiger charge is -2.12. The maximum atomic E-state index is 12.2. The first-order valence-corrected chi connectivity index (χ1v) is 8.15. The molecule has 0 fully saturated rings. The van der Waals surface area contributed by atoms with Gasteiger partial charge in [0, 0.05) is 23.9 Å². The molecule has 1 amide bonds. The van der Waals surface area contributed by atoms with Crippen molar-refractivity contribution < 1.29 is 9.21 Å². The Morgan fingerprint density at radius 1 is 1.26 bits per heavy atom. The monoisotopic (exact) mass is 314 g/mol. The molecule has 0 radical (unpaired) electrons. The molecule has 4 heteroatoms. The number of para-hydroxylation sites is 1. The molecule has 4 nitrogen and oxygen atoms in total. The van der Waals surface area contributed by atoms with Gasteiger partial charge in [0.1, 0.15) is 5.76 Å². The smallest absolute Gasteiger partial charge is 0.224 e. The van der Waals surface area contributed by atoms with Crippen LogP contribution in [0.2, 0.25) is 0 Å². The van der Waals surface area contributed by atoms with Crippen LogP contribution in [0.5, 0.6) is 0 Å². The number of carbonyl (C=O) groups is 1. The van der Waals surface area contributed by atoms with Gasteiger partial charge < -0.3 is 9.73 Å². The van der Waals surface area contributed by atoms with Gasteiger partial charge in [-0.15, -0.1) is 0 Å². The zero-order valence-corrected chi connectivity index (χ0v) is 14.7. The predicted octanol–water partition coefficient (Wildman–Crippen LogP) is 4.41. The van der Waals surface area contributed by atoms with Crippen molar-refractivity contribution in [2.24, 2.45) is 0 Å². The molecule has 0 saturated heterocycles. The number of hydrogen-bond acceptors (Lipinski definition) is 3. The molecule has 23 heavy (non-hydrogen) atoms. The summed E-state index contributed by atoms with van der Waals surface area (Å²) >= 11 is 0. The number of carbonyl (C=O) groups excluding carboxylic acids is 1. The van der Waals surface area contributed by atoms with E-state index in [9.17, 15) is 4.79 Å². The number of anilines is 1. The first kappa shape index (κ1) is 17.3. The number of aryl methyl sites for hydroxylation is 3. The molecule has 0 aliphatic carbocycles. The van der Waals surface area contributed by atoms with E-state index in [0.29, 0.717) is 12.8 Å². The Morgan fingerprint density at radius 2 is 1.96 bits per heavy atom. The highest BCUT2D eigenvalue weighted by molar-refractivity contribution is 5.91. The van der Waals surface area contributed by atoms with Crippen LogP contribution in [0.25, 0.3) is 0 Å². The highest BCUT2D eigenvalue weighted by Crippen LogP contribution is 2.24. The Balaban J connectivity index is 1.98. The largest absolute Gasteiger partial charge is 0.445 e. The van der Waals surface area contributed by atoms with Crippen LogP contribution in [-0.2, 0) is 23.1 Å². The molecular weight excluding hydrogens is 288 g/mol. The minimum atomic E-state index is -0.120. The third-order valence-corrected chi connectivity index (χ3v) is 3.79. The van der Waals surface area contributed by atoms with Crippen LogP contribution in [0.3, 0.4) is 0 Å². The van der Waals surface area contributed by atoms with Crippen LogP contribution in [-0.4, -0.2) is 10.9 Å². The first-order chi connectivity index (χ1) is 10.8. The number of amides is 1. The Hall–Kier alpha value is -2.10. The van der Waals surface area contributed by atoms with Crippen LogP contribution < -0.4 is 5.32 Å². The molecule has 0 bridgehead atoms. The second kappa shape index (κ2) is 6.99. The Morgan fingerprint density at radius 3 is 2.57 bits per heavy atom. The molecule has 0 aliphatic heterocycles. The van der Waals surface area contributed by atoms with Crippen LogP contribution in [0.4, 0.5) is 5.69 Å². The topological polar surface area (TPSA) is 55.1 Å². The van der Waals surface area contributed by atoms with E-state index in [4.69, 9.17) is 4.42 Å². The minimum Gasteiger partial charge on any atom is -0.445 e. The van der Waals surface area contributed by atoms with Gasteiger partial charge in [-0.1, -0.05) is 45.9 Å². The van der Waals surface area contributed by atoms with E-state index in [0.717, 1.165) is 35.0 Å². The van der Waals surface area contributed by atoms with E-state index >= 15 is 0 Å². The fraction of sp³-hybridized carbons (Fsp3) is 0.474. The Labute approximate surface area is 138 Å². The van der Waals surface area contributed by atoms with Gasteiger partial charge in [0.25, 0.3) is 0 Å². The van der Waals surface area contributed by atoms with Gasteiger partial charge in [0.2, 0.25) is 5.91 Å². The van der Waals surface area contributed by atoms with Crippen molar-refractivity contribution in [1.82, 2.24) is 4.98 Å². The number of nitrogens with one attached hydrogen (secondary N) is 1. The molecule has 2 rings (SSSR count). The summed E-state index contributed by atoms with van der Waals surface area (Å²) in [7, 11) is 0. The number of benzene rings is 1. The van der Waals surface area contributed by atoms with Crippen molar-refractivity contribution >= 4 is 11.6 Å². The molecule has 0 unspecified atom stereocenters. The summed E-state index contributed by atoms with van der Waals surface area (Å²) in [6.45, 7) is 10.2. The van der Waals surface area contributed by atoms with Crippen molar-refractivity contribution in [3.8, 4) is 0 Å². The zero-order valence-electron chi connectivity index (χ0n) is 14.7. The van der Waals surface area contributed by atoms with Gasteiger partial charge in [-0.25, -0.2) is 4.98 Å². The van der Waals surface area contributed by atoms with Crippen LogP contribution in [0.15, 0.2) is 28.7 Å². The SMILES string of the molecule is CCc1ccccc1NC(=O)CCc1oc(C(C)(C)C)nc1C. The molecule has 2 aromatic rings. The molecule has 1 aromatic carbocycles. The summed E-state index contributed by atoms with van der Waals surface area (Å²) in [5.41, 5.74) is 2.79. The Kier molecular flexibility index (Phi) is 5.24. The lowest BCUT2D eigenvalue weighted by Crippen LogP contribution is -2.13. The third kappa shape index (κ3) is 4.44. The predicted molar refractivity (Wildman–Crippen MR) is 92.7 cm³/mol. The minimum absolute atomic E-state index is 0.000918. The normalized spacial score (nSPS) is 11.5. The van der Waals surface area contributed by atoms with E-state index in [-0.39, 0.29) is 11.3 Å². The van der Waals surface area contributed by atoms with Crippen molar-refractivity contribution in [2.75, 3.05) is 5.32 Å². The second-order valence-electron chi connectivity index (χ2n) is 6.84. The van der Waals surface area contributed by atoms with E-state index in [2.05, 4.69) is 38.0 Å². The molecule has 1 heterocycles. The van der Waals surface area contributed by atoms with E-state index < -0.39 is 0 Å². The van der Waals surface area contributed by atoms with Crippen molar-refractivity contribution in [3.63, 3.8) is 0 Å². The molecule has 124 valence electrons. The maximum absolute atomic E-state index is 12.2. The maximum Gasteiger partial charge on any atom is 0.224 e. The van der Waals surface area contributed by atoms with Crippen LogP contribution in [0, 0.1) is 6.92 Å². The lowest BCUT2D eigenvalue weighted by atomic mass is 9.97. The third-order valence-electron chi connectivity index (χ3n) is 3.79. The van der Waals surface area contributed by atoms with Crippen LogP contribution >= 0.6 is 0 Å². The lowest BCUT2D eigenvalue weighted by molar-refractivity contribution is -0.116. The van der Waals surface area contributed by atoms with Gasteiger partial charge in [-0.3, -0.25) is 4.79 Å². The van der Waals surface area contributed by atoms with Gasteiger partial charge in [0.15, 0.2) is 5.89 Å². The quantitative estimate of drug-likeness (QED) is 0.889. The number of aromatic nitrogens is 1. The summed E-state index contributed by atoms with van der Waals surface area (Å²) in [6.07, 6.45) is 1.85. The number of hydrogen-bond donors (Lipinski definition) is 1. The van der Waals surface area contributed by atoms with E-state index in [1.807, 2.05) is 31.2 Å². The van der Waals surface area contributed by atoms with Gasteiger partial charge in [0.05, 0.1) is 5.69 Å². The average Bonchev–Trinajstić information content (AvgIpc) is 2.87. The standard InChI is InChI=1S/C19H26N2O2/c1-6-14-9-7-8-10-15(14)21-17(22)12-11-16-13(2)20-18(23-16)19(3,4)5/h7-10H,6,11-12H2,1-5H3,(H,21,22). The summed E-state index contributed by atoms with van der Waals surface area (Å²) in [5.74, 6) is 1.52. The molecule has 0 spiro atoms. The molecular formula is C19H26N2O2. The number of nitrogens with zero attached hydrogens (tertiary/aromatic N) is 1. The van der Waals surface area contributed by atoms with Gasteiger partial charge >= 0.3 is 0 Å². The van der Waals surface area contributed by atoms with E-state index in [1.165, 1.54) is 0 Å². The summed E-state index contributed by atoms with van der Waals surface area (Å²) in [4.78, 5) is 16.7. The second-order valence-corrected chi connectivity index (χ2v) is 6.84. The van der Waals surface area contributed by atoms with Gasteiger partial charge in [-0.05, 0) is 25.0 Å². The number of oxazole rings is 1. The molecule has 1 aromatic heterocycles. The van der Waals surface area contributed by atoms with Crippen molar-refractivity contribution in [1.29, 1.82) is 0 Å². The summed E-state index contributed by atoms with van der Waals surface area (Å²) < 4.78 is 5.83. The van der Waals surface area contributed by atoms with Crippen molar-refractivity contribution in [3.05, 3.63) is 47.2 Å². The highest BCUT2D eigenvalue weighted by atomic mass is 16.4. The van der Waals surface area contributed by atoms with Crippen molar-refractivity contribution in [2.45, 2.75) is 59.3 Å². The fourth-order valence-corrected chi connectivity index (χ4v) is 2.37. The molecule has 1 N–H and O–H groups in total. The highest BCUT2D eigenvalue weighted by Gasteiger charge is 2.22. The zero-order chi connectivity index (χ0) is 17.0. The summed E-state index contributed by atoms with van der Waals surface area (Å²) in [5, 5.41) is 2.99. The van der Waals surface area contributed by atoms with Crippen LogP contribution in [0.1, 0.15) is 57.0 Å². The molecule has 0 saturated carbocycles. The Bertz CT molecular complexity index is 681.